The van der Waals surface area contributed by atoms with E-state index in [4.69, 9.17) is 0 Å². The number of ketones is 1. The van der Waals surface area contributed by atoms with Crippen molar-refractivity contribution in [2.24, 2.45) is 0 Å². The van der Waals surface area contributed by atoms with Crippen molar-refractivity contribution in [2.75, 3.05) is 11.9 Å². The van der Waals surface area contributed by atoms with Gasteiger partial charge in [-0.05, 0) is 45.6 Å². The van der Waals surface area contributed by atoms with Crippen molar-refractivity contribution in [3.8, 4) is 0 Å². The highest BCUT2D eigenvalue weighted by atomic mass is 79.9. The van der Waals surface area contributed by atoms with E-state index in [-0.39, 0.29) is 5.78 Å². The van der Waals surface area contributed by atoms with Gasteiger partial charge in [0.25, 0.3) is 0 Å². The SMILES string of the molecule is O=C(Cc1cncc(Br)c1)c1ccc2c(c1)NCC2. The van der Waals surface area contributed by atoms with Crippen molar-refractivity contribution in [2.45, 2.75) is 12.8 Å². The van der Waals surface area contributed by atoms with Gasteiger partial charge in [0.1, 0.15) is 0 Å². The summed E-state index contributed by atoms with van der Waals surface area (Å²) in [4.78, 5) is 16.3. The molecule has 0 unspecified atom stereocenters. The minimum Gasteiger partial charge on any atom is -0.384 e. The van der Waals surface area contributed by atoms with Gasteiger partial charge in [-0.3, -0.25) is 9.78 Å². The number of hydrogen-bond donors (Lipinski definition) is 1. The maximum absolute atomic E-state index is 12.3. The molecule has 19 heavy (non-hydrogen) atoms. The lowest BCUT2D eigenvalue weighted by molar-refractivity contribution is 0.0993. The zero-order valence-electron chi connectivity index (χ0n) is 10.3. The predicted octanol–water partition coefficient (Wildman–Crippen LogP) is 3.24. The van der Waals surface area contributed by atoms with E-state index in [1.807, 2.05) is 24.3 Å². The van der Waals surface area contributed by atoms with E-state index in [1.54, 1.807) is 12.4 Å². The summed E-state index contributed by atoms with van der Waals surface area (Å²) in [6, 6.07) is 7.84. The van der Waals surface area contributed by atoms with Crippen molar-refractivity contribution in [1.82, 2.24) is 4.98 Å². The molecule has 1 aliphatic heterocycles. The maximum Gasteiger partial charge on any atom is 0.167 e. The van der Waals surface area contributed by atoms with E-state index >= 15 is 0 Å². The summed E-state index contributed by atoms with van der Waals surface area (Å²) in [6.07, 6.45) is 4.87. The van der Waals surface area contributed by atoms with Gasteiger partial charge in [0.2, 0.25) is 0 Å². The first-order chi connectivity index (χ1) is 9.22. The van der Waals surface area contributed by atoms with Crippen LogP contribution in [0.3, 0.4) is 0 Å². The number of halogens is 1. The minimum atomic E-state index is 0.122. The quantitative estimate of drug-likeness (QED) is 0.884. The Morgan fingerprint density at radius 3 is 3.05 bits per heavy atom. The van der Waals surface area contributed by atoms with Crippen molar-refractivity contribution < 1.29 is 4.79 Å². The Kier molecular flexibility index (Phi) is 3.34. The highest BCUT2D eigenvalue weighted by Crippen LogP contribution is 2.24. The topological polar surface area (TPSA) is 42.0 Å². The first kappa shape index (κ1) is 12.4. The third kappa shape index (κ3) is 2.68. The molecule has 2 heterocycles. The Morgan fingerprint density at radius 1 is 1.32 bits per heavy atom. The standard InChI is InChI=1S/C15H13BrN2O/c16-13-5-10(8-17-9-13)6-15(19)12-2-1-11-3-4-18-14(11)7-12/h1-2,5,7-9,18H,3-4,6H2. The summed E-state index contributed by atoms with van der Waals surface area (Å²) in [5, 5.41) is 3.30. The first-order valence-electron chi connectivity index (χ1n) is 6.22. The van der Waals surface area contributed by atoms with E-state index in [1.165, 1.54) is 5.56 Å². The zero-order chi connectivity index (χ0) is 13.2. The molecule has 2 aromatic rings. The fourth-order valence-corrected chi connectivity index (χ4v) is 2.72. The molecular formula is C15H13BrN2O. The van der Waals surface area contributed by atoms with Crippen LogP contribution in [0.25, 0.3) is 0 Å². The second-order valence-electron chi connectivity index (χ2n) is 4.66. The highest BCUT2D eigenvalue weighted by Gasteiger charge is 2.13. The fourth-order valence-electron chi connectivity index (χ4n) is 2.30. The molecule has 96 valence electrons. The Balaban J connectivity index is 1.81. The van der Waals surface area contributed by atoms with Gasteiger partial charge in [0, 0.05) is 41.1 Å². The van der Waals surface area contributed by atoms with Crippen LogP contribution in [0.2, 0.25) is 0 Å². The second-order valence-corrected chi connectivity index (χ2v) is 5.58. The number of anilines is 1. The number of pyridine rings is 1. The fraction of sp³-hybridized carbons (Fsp3) is 0.200. The third-order valence-electron chi connectivity index (χ3n) is 3.27. The Labute approximate surface area is 120 Å². The lowest BCUT2D eigenvalue weighted by Gasteiger charge is -2.05. The highest BCUT2D eigenvalue weighted by molar-refractivity contribution is 9.10. The van der Waals surface area contributed by atoms with E-state index < -0.39 is 0 Å². The van der Waals surface area contributed by atoms with Crippen molar-refractivity contribution in [1.29, 1.82) is 0 Å². The summed E-state index contributed by atoms with van der Waals surface area (Å²) in [5.41, 5.74) is 4.07. The van der Waals surface area contributed by atoms with Gasteiger partial charge in [-0.2, -0.15) is 0 Å². The van der Waals surface area contributed by atoms with E-state index in [0.717, 1.165) is 34.3 Å². The van der Waals surface area contributed by atoms with Crippen molar-refractivity contribution >= 4 is 27.4 Å². The van der Waals surface area contributed by atoms with E-state index in [9.17, 15) is 4.79 Å². The molecule has 0 bridgehead atoms. The molecule has 0 saturated carbocycles. The molecule has 1 aromatic carbocycles. The van der Waals surface area contributed by atoms with Gasteiger partial charge < -0.3 is 5.32 Å². The number of carbonyl (C=O) groups excluding carboxylic acids is 1. The summed E-state index contributed by atoms with van der Waals surface area (Å²) < 4.78 is 0.897. The molecule has 1 N–H and O–H groups in total. The van der Waals surface area contributed by atoms with Crippen molar-refractivity contribution in [3.05, 3.63) is 57.8 Å². The number of hydrogen-bond acceptors (Lipinski definition) is 3. The minimum absolute atomic E-state index is 0.122. The van der Waals surface area contributed by atoms with Crippen LogP contribution in [-0.4, -0.2) is 17.3 Å². The molecule has 3 rings (SSSR count). The van der Waals surface area contributed by atoms with Crippen LogP contribution < -0.4 is 5.32 Å². The summed E-state index contributed by atoms with van der Waals surface area (Å²) in [6.45, 7) is 0.961. The maximum atomic E-state index is 12.3. The number of aromatic nitrogens is 1. The molecule has 0 spiro atoms. The summed E-state index contributed by atoms with van der Waals surface area (Å²) in [5.74, 6) is 0.122. The van der Waals surface area contributed by atoms with Gasteiger partial charge in [-0.15, -0.1) is 0 Å². The number of nitrogens with one attached hydrogen (secondary N) is 1. The molecule has 0 fully saturated rings. The average molecular weight is 317 g/mol. The van der Waals surface area contributed by atoms with Gasteiger partial charge >= 0.3 is 0 Å². The van der Waals surface area contributed by atoms with Gasteiger partial charge in [-0.1, -0.05) is 12.1 Å². The van der Waals surface area contributed by atoms with Crippen LogP contribution in [-0.2, 0) is 12.8 Å². The number of carbonyl (C=O) groups is 1. The Morgan fingerprint density at radius 2 is 2.21 bits per heavy atom. The monoisotopic (exact) mass is 316 g/mol. The predicted molar refractivity (Wildman–Crippen MR) is 78.6 cm³/mol. The molecule has 0 atom stereocenters. The van der Waals surface area contributed by atoms with Crippen LogP contribution in [0.15, 0.2) is 41.1 Å². The Hall–Kier alpha value is -1.68. The molecule has 1 aliphatic rings. The lowest BCUT2D eigenvalue weighted by Crippen LogP contribution is -2.04. The van der Waals surface area contributed by atoms with Crippen LogP contribution in [0.5, 0.6) is 0 Å². The largest absolute Gasteiger partial charge is 0.384 e. The number of Topliss-reactive ketones (excluding diaryl/α,β-unsaturated/α-hetero) is 1. The zero-order valence-corrected chi connectivity index (χ0v) is 11.9. The third-order valence-corrected chi connectivity index (χ3v) is 3.70. The molecule has 1 aromatic heterocycles. The molecule has 0 radical (unpaired) electrons. The summed E-state index contributed by atoms with van der Waals surface area (Å²) in [7, 11) is 0. The normalized spacial score (nSPS) is 12.9. The molecule has 0 aliphatic carbocycles. The van der Waals surface area contributed by atoms with Crippen molar-refractivity contribution in [3.63, 3.8) is 0 Å². The van der Waals surface area contributed by atoms with Gasteiger partial charge in [-0.25, -0.2) is 0 Å². The van der Waals surface area contributed by atoms with Crippen LogP contribution in [0.1, 0.15) is 21.5 Å². The van der Waals surface area contributed by atoms with E-state index in [0.29, 0.717) is 6.42 Å². The smallest absolute Gasteiger partial charge is 0.167 e. The average Bonchev–Trinajstić information content (AvgIpc) is 2.85. The van der Waals surface area contributed by atoms with Crippen LogP contribution >= 0.6 is 15.9 Å². The number of fused-ring (bicyclic) bond motifs is 1. The van der Waals surface area contributed by atoms with E-state index in [2.05, 4.69) is 26.2 Å². The summed E-state index contributed by atoms with van der Waals surface area (Å²) >= 11 is 3.37. The number of nitrogens with zero attached hydrogens (tertiary/aromatic N) is 1. The van der Waals surface area contributed by atoms with Crippen LogP contribution in [0.4, 0.5) is 5.69 Å². The van der Waals surface area contributed by atoms with Crippen LogP contribution in [0, 0.1) is 0 Å². The Bertz CT molecular complexity index is 640. The van der Waals surface area contributed by atoms with Gasteiger partial charge in [0.05, 0.1) is 0 Å². The molecule has 4 heteroatoms. The number of rotatable bonds is 3. The second kappa shape index (κ2) is 5.13. The first-order valence-corrected chi connectivity index (χ1v) is 7.01. The molecule has 0 amide bonds. The molecular weight excluding hydrogens is 304 g/mol. The number of benzene rings is 1. The lowest BCUT2D eigenvalue weighted by atomic mass is 10.0. The van der Waals surface area contributed by atoms with Gasteiger partial charge in [0.15, 0.2) is 5.78 Å². The molecule has 3 nitrogen and oxygen atoms in total. The molecule has 0 saturated heterocycles.